The van der Waals surface area contributed by atoms with Crippen LogP contribution in [-0.2, 0) is 9.47 Å². The number of fused-ring (bicyclic) bond motifs is 1. The summed E-state index contributed by atoms with van der Waals surface area (Å²) in [6, 6.07) is 0. The van der Waals surface area contributed by atoms with Gasteiger partial charge in [0.2, 0.25) is 5.90 Å². The molecule has 1 aliphatic rings. The summed E-state index contributed by atoms with van der Waals surface area (Å²) >= 11 is 0. The van der Waals surface area contributed by atoms with E-state index in [1.807, 2.05) is 4.57 Å². The Morgan fingerprint density at radius 1 is 1.59 bits per heavy atom. The third-order valence-electron chi connectivity index (χ3n) is 4.02. The van der Waals surface area contributed by atoms with Crippen molar-refractivity contribution in [1.82, 2.24) is 14.5 Å². The van der Waals surface area contributed by atoms with Gasteiger partial charge in [-0.3, -0.25) is 5.41 Å². The van der Waals surface area contributed by atoms with E-state index in [1.54, 1.807) is 6.20 Å². The smallest absolute Gasteiger partial charge is 0.215 e. The maximum atomic E-state index is 9.30. The van der Waals surface area contributed by atoms with Crippen LogP contribution in [0.15, 0.2) is 12.5 Å². The molecule has 0 spiro atoms. The number of nitrogens with one attached hydrogen (secondary N) is 1. The highest BCUT2D eigenvalue weighted by atomic mass is 16.5. The normalized spacial score (nSPS) is 24.8. The van der Waals surface area contributed by atoms with Crippen LogP contribution in [-0.4, -0.2) is 45.4 Å². The molecule has 22 heavy (non-hydrogen) atoms. The summed E-state index contributed by atoms with van der Waals surface area (Å²) in [7, 11) is 1.43. The molecule has 3 heterocycles. The molecule has 0 radical (unpaired) electrons. The Balaban J connectivity index is 2.15. The fourth-order valence-electron chi connectivity index (χ4n) is 2.96. The molecule has 8 heteroatoms. The molecule has 3 atom stereocenters. The third-order valence-corrected chi connectivity index (χ3v) is 4.02. The van der Waals surface area contributed by atoms with E-state index < -0.39 is 0 Å². The second-order valence-electron chi connectivity index (χ2n) is 5.49. The van der Waals surface area contributed by atoms with E-state index in [0.717, 1.165) is 6.42 Å². The van der Waals surface area contributed by atoms with Gasteiger partial charge in [-0.05, 0) is 6.42 Å². The molecule has 0 aliphatic carbocycles. The largest absolute Gasteiger partial charge is 0.481 e. The van der Waals surface area contributed by atoms with Gasteiger partial charge in [0.05, 0.1) is 30.8 Å². The molecule has 0 saturated carbocycles. The van der Waals surface area contributed by atoms with Crippen molar-refractivity contribution in [1.29, 1.82) is 5.41 Å². The molecule has 3 unspecified atom stereocenters. The van der Waals surface area contributed by atoms with Crippen molar-refractivity contribution in [3.8, 4) is 0 Å². The maximum absolute atomic E-state index is 9.30. The van der Waals surface area contributed by atoms with Crippen LogP contribution in [0.2, 0.25) is 0 Å². The maximum Gasteiger partial charge on any atom is 0.215 e. The van der Waals surface area contributed by atoms with Crippen LogP contribution in [0.1, 0.15) is 25.1 Å². The molecule has 2 aromatic heterocycles. The van der Waals surface area contributed by atoms with Crippen molar-refractivity contribution in [2.45, 2.75) is 25.7 Å². The van der Waals surface area contributed by atoms with Crippen molar-refractivity contribution >= 4 is 22.7 Å². The zero-order chi connectivity index (χ0) is 15.9. The van der Waals surface area contributed by atoms with Gasteiger partial charge in [-0.15, -0.1) is 0 Å². The highest BCUT2D eigenvalue weighted by Crippen LogP contribution is 2.37. The summed E-state index contributed by atoms with van der Waals surface area (Å²) in [5, 5.41) is 17.8. The fourth-order valence-corrected chi connectivity index (χ4v) is 2.96. The summed E-state index contributed by atoms with van der Waals surface area (Å²) in [5.41, 5.74) is 7.08. The molecule has 8 nitrogen and oxygen atoms in total. The Kier molecular flexibility index (Phi) is 3.71. The predicted octanol–water partition coefficient (Wildman–Crippen LogP) is 0.901. The summed E-state index contributed by atoms with van der Waals surface area (Å²) in [6.07, 6.45) is 3.44. The molecule has 1 aliphatic heterocycles. The number of nitrogens with zero attached hydrogens (tertiary/aromatic N) is 3. The number of hydrogen-bond acceptors (Lipinski definition) is 7. The van der Waals surface area contributed by atoms with Crippen LogP contribution in [0, 0.1) is 11.3 Å². The number of nitrogen functional groups attached to an aromatic ring is 1. The predicted molar refractivity (Wildman–Crippen MR) is 80.6 cm³/mol. The van der Waals surface area contributed by atoms with Gasteiger partial charge in [0.25, 0.3) is 0 Å². The summed E-state index contributed by atoms with van der Waals surface area (Å²) in [6.45, 7) is 2.04. The number of rotatable bonds is 3. The van der Waals surface area contributed by atoms with E-state index in [1.165, 1.54) is 13.4 Å². The molecule has 0 amide bonds. The van der Waals surface area contributed by atoms with Crippen LogP contribution < -0.4 is 5.73 Å². The number of aliphatic hydroxyl groups excluding tert-OH is 1. The first-order chi connectivity index (χ1) is 10.6. The Bertz CT molecular complexity index is 714. The lowest BCUT2D eigenvalue weighted by atomic mass is 10.1. The highest BCUT2D eigenvalue weighted by molar-refractivity contribution is 6.08. The second-order valence-corrected chi connectivity index (χ2v) is 5.49. The lowest BCUT2D eigenvalue weighted by molar-refractivity contribution is -0.0292. The Labute approximate surface area is 127 Å². The highest BCUT2D eigenvalue weighted by Gasteiger charge is 2.35. The van der Waals surface area contributed by atoms with E-state index in [-0.39, 0.29) is 30.8 Å². The van der Waals surface area contributed by atoms with Gasteiger partial charge in [-0.25, -0.2) is 9.97 Å². The minimum absolute atomic E-state index is 0.00499. The number of ether oxygens (including phenoxy) is 2. The first-order valence-electron chi connectivity index (χ1n) is 7.07. The van der Waals surface area contributed by atoms with Crippen molar-refractivity contribution in [2.75, 3.05) is 19.5 Å². The third kappa shape index (κ3) is 2.20. The van der Waals surface area contributed by atoms with Crippen molar-refractivity contribution in [3.63, 3.8) is 0 Å². The number of aromatic nitrogens is 3. The first-order valence-corrected chi connectivity index (χ1v) is 7.07. The Hall–Kier alpha value is -2.19. The average molecular weight is 305 g/mol. The molecular weight excluding hydrogens is 286 g/mol. The van der Waals surface area contributed by atoms with E-state index in [4.69, 9.17) is 20.6 Å². The van der Waals surface area contributed by atoms with Crippen LogP contribution in [0.25, 0.3) is 11.0 Å². The summed E-state index contributed by atoms with van der Waals surface area (Å²) in [5.74, 6) is 0.494. The minimum Gasteiger partial charge on any atom is -0.481 e. The molecule has 4 N–H and O–H groups in total. The van der Waals surface area contributed by atoms with Gasteiger partial charge in [0.1, 0.15) is 24.0 Å². The number of nitrogens with two attached hydrogens (primary N) is 1. The monoisotopic (exact) mass is 305 g/mol. The lowest BCUT2D eigenvalue weighted by Gasteiger charge is -2.18. The Morgan fingerprint density at radius 3 is 3.00 bits per heavy atom. The molecule has 1 fully saturated rings. The average Bonchev–Trinajstić information content (AvgIpc) is 3.08. The van der Waals surface area contributed by atoms with Gasteiger partial charge in [0.15, 0.2) is 0 Å². The van der Waals surface area contributed by atoms with Crippen molar-refractivity contribution in [2.24, 2.45) is 5.92 Å². The number of hydrogen-bond donors (Lipinski definition) is 3. The van der Waals surface area contributed by atoms with E-state index in [9.17, 15) is 5.11 Å². The molecule has 0 bridgehead atoms. The summed E-state index contributed by atoms with van der Waals surface area (Å²) in [4.78, 5) is 8.28. The number of methoxy groups -OCH3 is 1. The van der Waals surface area contributed by atoms with Gasteiger partial charge in [0, 0.05) is 12.1 Å². The molecule has 1 saturated heterocycles. The molecule has 2 aromatic rings. The first kappa shape index (κ1) is 14.7. The molecular formula is C14H19N5O3. The van der Waals surface area contributed by atoms with Crippen LogP contribution in [0.3, 0.4) is 0 Å². The lowest BCUT2D eigenvalue weighted by Crippen LogP contribution is -2.15. The van der Waals surface area contributed by atoms with E-state index in [0.29, 0.717) is 22.4 Å². The van der Waals surface area contributed by atoms with Gasteiger partial charge in [-0.1, -0.05) is 6.92 Å². The van der Waals surface area contributed by atoms with Crippen molar-refractivity contribution in [3.05, 3.63) is 18.1 Å². The summed E-state index contributed by atoms with van der Waals surface area (Å²) < 4.78 is 12.8. The SMILES string of the molecule is COC(=N)c1cn(C2OC(CO)CC2C)c2ncnc(N)c12. The topological polar surface area (TPSA) is 119 Å². The van der Waals surface area contributed by atoms with E-state index >= 15 is 0 Å². The molecule has 3 rings (SSSR count). The van der Waals surface area contributed by atoms with Crippen molar-refractivity contribution < 1.29 is 14.6 Å². The molecule has 0 aromatic carbocycles. The minimum atomic E-state index is -0.271. The standard InChI is InChI=1S/C14H19N5O3/c1-7-3-8(5-20)22-14(7)19-4-9(12(16)21-2)10-11(15)17-6-18-13(10)19/h4,6-8,14,16,20H,3,5H2,1-2H3,(H2,15,17,18). The quantitative estimate of drug-likeness (QED) is 0.572. The van der Waals surface area contributed by atoms with Gasteiger partial charge >= 0.3 is 0 Å². The van der Waals surface area contributed by atoms with Crippen LogP contribution >= 0.6 is 0 Å². The number of aliphatic hydroxyl groups is 1. The van der Waals surface area contributed by atoms with E-state index in [2.05, 4.69) is 16.9 Å². The number of anilines is 1. The van der Waals surface area contributed by atoms with Gasteiger partial charge < -0.3 is 24.9 Å². The Morgan fingerprint density at radius 2 is 2.36 bits per heavy atom. The van der Waals surface area contributed by atoms with Gasteiger partial charge in [-0.2, -0.15) is 0 Å². The van der Waals surface area contributed by atoms with Crippen LogP contribution in [0.4, 0.5) is 5.82 Å². The zero-order valence-corrected chi connectivity index (χ0v) is 12.5. The zero-order valence-electron chi connectivity index (χ0n) is 12.5. The second kappa shape index (κ2) is 5.54. The molecule has 118 valence electrons. The fraction of sp³-hybridized carbons (Fsp3) is 0.500. The van der Waals surface area contributed by atoms with Crippen LogP contribution in [0.5, 0.6) is 0 Å².